The molecule has 5 heterocycles. The summed E-state index contributed by atoms with van der Waals surface area (Å²) < 4.78 is 37.1. The maximum Gasteiger partial charge on any atom is 0.172 e. The standard InChI is InChI=1S/C22H23F2N7O2.ClH/c1-13-21(28-29-31(13)16-4-6-25-7-5-16)14-8-19(22-17(24)10-27-30(22)11-14)33-20(12-32)18-3-2-15(23)9-26-18;/h2-3,8-11,16,20,25,32H,4-7,12H2,1H3;1H. The number of aromatic nitrogens is 6. The van der Waals surface area contributed by atoms with Crippen molar-refractivity contribution in [3.05, 3.63) is 59.8 Å². The monoisotopic (exact) mass is 491 g/mol. The highest BCUT2D eigenvalue weighted by Gasteiger charge is 2.23. The fraction of sp³-hybridized carbons (Fsp3) is 0.364. The summed E-state index contributed by atoms with van der Waals surface area (Å²) in [5, 5.41) is 26.0. The number of aliphatic hydroxyl groups is 1. The minimum absolute atomic E-state index is 0. The second-order valence-corrected chi connectivity index (χ2v) is 8.02. The first-order valence-corrected chi connectivity index (χ1v) is 10.7. The minimum Gasteiger partial charge on any atom is -0.479 e. The van der Waals surface area contributed by atoms with Gasteiger partial charge in [-0.05, 0) is 51.1 Å². The lowest BCUT2D eigenvalue weighted by Gasteiger charge is -2.23. The van der Waals surface area contributed by atoms with Crippen molar-refractivity contribution in [3.8, 4) is 17.0 Å². The molecule has 4 aromatic rings. The molecule has 0 radical (unpaired) electrons. The van der Waals surface area contributed by atoms with Crippen molar-refractivity contribution in [1.29, 1.82) is 0 Å². The lowest BCUT2D eigenvalue weighted by atomic mass is 10.1. The van der Waals surface area contributed by atoms with E-state index in [-0.39, 0.29) is 29.7 Å². The van der Waals surface area contributed by atoms with Gasteiger partial charge in [-0.1, -0.05) is 5.21 Å². The van der Waals surface area contributed by atoms with Crippen molar-refractivity contribution in [2.75, 3.05) is 19.7 Å². The van der Waals surface area contributed by atoms with E-state index >= 15 is 0 Å². The molecular formula is C22H24ClF2N7O2. The molecule has 34 heavy (non-hydrogen) atoms. The van der Waals surface area contributed by atoms with Crippen LogP contribution in [0.5, 0.6) is 5.75 Å². The summed E-state index contributed by atoms with van der Waals surface area (Å²) in [6.07, 6.45) is 4.79. The molecule has 0 saturated carbocycles. The van der Waals surface area contributed by atoms with Gasteiger partial charge in [0.15, 0.2) is 11.9 Å². The fourth-order valence-electron chi connectivity index (χ4n) is 4.20. The second-order valence-electron chi connectivity index (χ2n) is 8.02. The number of pyridine rings is 2. The lowest BCUT2D eigenvalue weighted by molar-refractivity contribution is 0.114. The van der Waals surface area contributed by atoms with E-state index in [4.69, 9.17) is 4.74 Å². The third-order valence-electron chi connectivity index (χ3n) is 5.90. The van der Waals surface area contributed by atoms with Crippen molar-refractivity contribution in [2.45, 2.75) is 31.9 Å². The molecule has 1 aliphatic rings. The van der Waals surface area contributed by atoms with Crippen molar-refractivity contribution in [1.82, 2.24) is 34.9 Å². The Balaban J connectivity index is 0.00000274. The molecule has 2 N–H and O–H groups in total. The van der Waals surface area contributed by atoms with Crippen LogP contribution in [0, 0.1) is 18.6 Å². The average Bonchev–Trinajstić information content (AvgIpc) is 3.41. The number of aliphatic hydroxyl groups excluding tert-OH is 1. The van der Waals surface area contributed by atoms with Gasteiger partial charge in [-0.25, -0.2) is 18.0 Å². The largest absolute Gasteiger partial charge is 0.479 e. The number of piperidine rings is 1. The van der Waals surface area contributed by atoms with E-state index in [1.807, 2.05) is 11.6 Å². The fourth-order valence-corrected chi connectivity index (χ4v) is 4.20. The number of rotatable bonds is 6. The molecule has 1 aliphatic heterocycles. The summed E-state index contributed by atoms with van der Waals surface area (Å²) in [6.45, 7) is 3.37. The Morgan fingerprint density at radius 2 is 2.03 bits per heavy atom. The van der Waals surface area contributed by atoms with Gasteiger partial charge in [0.05, 0.1) is 36.4 Å². The van der Waals surface area contributed by atoms with Gasteiger partial charge in [-0.3, -0.25) is 4.98 Å². The van der Waals surface area contributed by atoms with Gasteiger partial charge < -0.3 is 15.2 Å². The Morgan fingerprint density at radius 1 is 1.24 bits per heavy atom. The number of ether oxygens (including phenoxy) is 1. The maximum absolute atomic E-state index is 14.5. The summed E-state index contributed by atoms with van der Waals surface area (Å²) in [6, 6.07) is 4.55. The van der Waals surface area contributed by atoms with Crippen LogP contribution >= 0.6 is 12.4 Å². The lowest BCUT2D eigenvalue weighted by Crippen LogP contribution is -2.30. The Kier molecular flexibility index (Phi) is 7.05. The molecule has 1 saturated heterocycles. The van der Waals surface area contributed by atoms with Crippen LogP contribution < -0.4 is 10.1 Å². The van der Waals surface area contributed by atoms with Gasteiger partial charge >= 0.3 is 0 Å². The predicted molar refractivity (Wildman–Crippen MR) is 122 cm³/mol. The van der Waals surface area contributed by atoms with Crippen LogP contribution in [0.4, 0.5) is 8.78 Å². The molecule has 0 bridgehead atoms. The normalized spacial score (nSPS) is 15.3. The van der Waals surface area contributed by atoms with Crippen LogP contribution in [0.25, 0.3) is 16.8 Å². The van der Waals surface area contributed by atoms with Crippen LogP contribution in [0.3, 0.4) is 0 Å². The molecule has 180 valence electrons. The van der Waals surface area contributed by atoms with Gasteiger partial charge in [0.1, 0.15) is 22.8 Å². The van der Waals surface area contributed by atoms with Crippen LogP contribution in [-0.2, 0) is 0 Å². The zero-order valence-electron chi connectivity index (χ0n) is 18.4. The summed E-state index contributed by atoms with van der Waals surface area (Å²) in [4.78, 5) is 3.98. The van der Waals surface area contributed by atoms with Crippen LogP contribution in [-0.4, -0.2) is 54.4 Å². The molecule has 0 aliphatic carbocycles. The molecule has 1 unspecified atom stereocenters. The molecule has 1 fully saturated rings. The first-order valence-electron chi connectivity index (χ1n) is 10.7. The predicted octanol–water partition coefficient (Wildman–Crippen LogP) is 3.03. The van der Waals surface area contributed by atoms with Gasteiger partial charge in [-0.2, -0.15) is 5.10 Å². The van der Waals surface area contributed by atoms with E-state index in [9.17, 15) is 13.9 Å². The summed E-state index contributed by atoms with van der Waals surface area (Å²) in [5.41, 5.74) is 2.59. The first kappa shape index (κ1) is 24.0. The first-order chi connectivity index (χ1) is 16.0. The van der Waals surface area contributed by atoms with Crippen LogP contribution in [0.2, 0.25) is 0 Å². The zero-order valence-corrected chi connectivity index (χ0v) is 19.2. The highest BCUT2D eigenvalue weighted by Crippen LogP contribution is 2.33. The van der Waals surface area contributed by atoms with Crippen molar-refractivity contribution >= 4 is 17.9 Å². The number of halogens is 3. The van der Waals surface area contributed by atoms with E-state index in [0.717, 1.165) is 44.0 Å². The van der Waals surface area contributed by atoms with E-state index in [1.54, 1.807) is 12.3 Å². The van der Waals surface area contributed by atoms with E-state index in [0.29, 0.717) is 17.0 Å². The molecular weight excluding hydrogens is 468 g/mol. The third-order valence-corrected chi connectivity index (χ3v) is 5.90. The molecule has 1 atom stereocenters. The Morgan fingerprint density at radius 3 is 2.74 bits per heavy atom. The SMILES string of the molecule is Cc1c(-c2cc(OC(CO)c3ccc(F)cn3)c3c(F)cnn3c2)nnn1C1CCNCC1.Cl. The smallest absolute Gasteiger partial charge is 0.172 e. The van der Waals surface area contributed by atoms with Crippen LogP contribution in [0.1, 0.15) is 36.4 Å². The molecule has 9 nitrogen and oxygen atoms in total. The molecule has 0 amide bonds. The highest BCUT2D eigenvalue weighted by molar-refractivity contribution is 5.85. The molecule has 0 aromatic carbocycles. The average molecular weight is 492 g/mol. The van der Waals surface area contributed by atoms with E-state index in [1.165, 1.54) is 16.6 Å². The number of nitrogens with one attached hydrogen (secondary N) is 1. The van der Waals surface area contributed by atoms with Crippen molar-refractivity contribution in [2.24, 2.45) is 0 Å². The van der Waals surface area contributed by atoms with Crippen LogP contribution in [0.15, 0.2) is 36.8 Å². The third kappa shape index (κ3) is 4.46. The number of hydrogen-bond donors (Lipinski definition) is 2. The van der Waals surface area contributed by atoms with Crippen molar-refractivity contribution in [3.63, 3.8) is 0 Å². The highest BCUT2D eigenvalue weighted by atomic mass is 35.5. The molecule has 5 rings (SSSR count). The minimum atomic E-state index is -0.925. The zero-order chi connectivity index (χ0) is 22.9. The Bertz CT molecular complexity index is 1270. The summed E-state index contributed by atoms with van der Waals surface area (Å²) in [5.74, 6) is -0.923. The number of hydrogen-bond acceptors (Lipinski definition) is 7. The Labute approximate surface area is 200 Å². The van der Waals surface area contributed by atoms with Crippen molar-refractivity contribution < 1.29 is 18.6 Å². The molecule has 12 heteroatoms. The number of nitrogens with zero attached hydrogens (tertiary/aromatic N) is 6. The second kappa shape index (κ2) is 10.00. The Hall–Kier alpha value is -3.15. The van der Waals surface area contributed by atoms with E-state index in [2.05, 4.69) is 25.7 Å². The van der Waals surface area contributed by atoms with Gasteiger partial charge in [0, 0.05) is 11.8 Å². The topological polar surface area (TPSA) is 102 Å². The molecule has 0 spiro atoms. The number of fused-ring (bicyclic) bond motifs is 1. The maximum atomic E-state index is 14.5. The summed E-state index contributed by atoms with van der Waals surface area (Å²) >= 11 is 0. The molecule has 4 aromatic heterocycles. The summed E-state index contributed by atoms with van der Waals surface area (Å²) in [7, 11) is 0. The quantitative estimate of drug-likeness (QED) is 0.427. The van der Waals surface area contributed by atoms with Gasteiger partial charge in [0.25, 0.3) is 0 Å². The van der Waals surface area contributed by atoms with Gasteiger partial charge in [0.2, 0.25) is 0 Å². The van der Waals surface area contributed by atoms with Gasteiger partial charge in [-0.15, -0.1) is 17.5 Å². The van der Waals surface area contributed by atoms with E-state index < -0.39 is 24.3 Å².